The molecule has 0 aliphatic heterocycles. The molecule has 3 heteroatoms. The van der Waals surface area contributed by atoms with Crippen molar-refractivity contribution < 1.29 is 8.85 Å². The van der Waals surface area contributed by atoms with Crippen LogP contribution in [-0.4, -0.2) is 22.5 Å². The third kappa shape index (κ3) is 6.82. The standard InChI is InChI=1S/C9H22O2Si/c1-6-10-12(11-7-2)8-9(3,4)5/h12H,6-8H2,1-5H3. The Morgan fingerprint density at radius 3 is 1.67 bits per heavy atom. The molecular weight excluding hydrogens is 168 g/mol. The first-order chi connectivity index (χ1) is 5.49. The van der Waals surface area contributed by atoms with E-state index in [0.29, 0.717) is 5.41 Å². The van der Waals surface area contributed by atoms with Gasteiger partial charge in [-0.3, -0.25) is 0 Å². The minimum absolute atomic E-state index is 0.335. The van der Waals surface area contributed by atoms with Crippen molar-refractivity contribution in [2.75, 3.05) is 13.2 Å². The summed E-state index contributed by atoms with van der Waals surface area (Å²) >= 11 is 0. The van der Waals surface area contributed by atoms with Crippen LogP contribution in [0.15, 0.2) is 0 Å². The molecule has 0 radical (unpaired) electrons. The van der Waals surface area contributed by atoms with Crippen LogP contribution in [0.4, 0.5) is 0 Å². The van der Waals surface area contributed by atoms with Gasteiger partial charge in [0.1, 0.15) is 0 Å². The van der Waals surface area contributed by atoms with Gasteiger partial charge in [0.2, 0.25) is 0 Å². The van der Waals surface area contributed by atoms with Gasteiger partial charge in [-0.25, -0.2) is 0 Å². The Morgan fingerprint density at radius 2 is 1.42 bits per heavy atom. The molecule has 0 unspecified atom stereocenters. The van der Waals surface area contributed by atoms with Crippen molar-refractivity contribution in [2.24, 2.45) is 5.41 Å². The molecule has 0 aliphatic rings. The topological polar surface area (TPSA) is 18.5 Å². The van der Waals surface area contributed by atoms with Gasteiger partial charge < -0.3 is 8.85 Å². The van der Waals surface area contributed by atoms with Crippen LogP contribution < -0.4 is 0 Å². The molecule has 74 valence electrons. The van der Waals surface area contributed by atoms with Gasteiger partial charge in [0.15, 0.2) is 0 Å². The lowest BCUT2D eigenvalue weighted by Gasteiger charge is -2.23. The summed E-state index contributed by atoms with van der Waals surface area (Å²) in [4.78, 5) is 0. The first-order valence-electron chi connectivity index (χ1n) is 4.72. The minimum atomic E-state index is -1.36. The fraction of sp³-hybridized carbons (Fsp3) is 1.00. The van der Waals surface area contributed by atoms with E-state index in [-0.39, 0.29) is 0 Å². The minimum Gasteiger partial charge on any atom is -0.397 e. The van der Waals surface area contributed by atoms with Crippen molar-refractivity contribution in [3.8, 4) is 0 Å². The second-order valence-electron chi connectivity index (χ2n) is 4.11. The predicted molar refractivity (Wildman–Crippen MR) is 54.7 cm³/mol. The summed E-state index contributed by atoms with van der Waals surface area (Å²) < 4.78 is 11.2. The molecule has 0 rings (SSSR count). The van der Waals surface area contributed by atoms with Gasteiger partial charge in [0.25, 0.3) is 0 Å². The van der Waals surface area contributed by atoms with E-state index in [1.54, 1.807) is 0 Å². The van der Waals surface area contributed by atoms with Crippen molar-refractivity contribution in [2.45, 2.75) is 40.7 Å². The lowest BCUT2D eigenvalue weighted by molar-refractivity contribution is 0.202. The Balaban J connectivity index is 3.77. The van der Waals surface area contributed by atoms with E-state index < -0.39 is 9.28 Å². The van der Waals surface area contributed by atoms with Crippen LogP contribution in [0.25, 0.3) is 0 Å². The molecule has 0 bridgehead atoms. The highest BCUT2D eigenvalue weighted by Crippen LogP contribution is 2.22. The summed E-state index contributed by atoms with van der Waals surface area (Å²) in [6.45, 7) is 12.3. The summed E-state index contributed by atoms with van der Waals surface area (Å²) in [7, 11) is -1.36. The van der Waals surface area contributed by atoms with Crippen LogP contribution in [0.2, 0.25) is 6.04 Å². The van der Waals surface area contributed by atoms with E-state index in [2.05, 4.69) is 20.8 Å². The highest BCUT2D eigenvalue weighted by atomic mass is 28.3. The van der Waals surface area contributed by atoms with E-state index >= 15 is 0 Å². The highest BCUT2D eigenvalue weighted by Gasteiger charge is 2.21. The molecule has 0 aliphatic carbocycles. The van der Waals surface area contributed by atoms with E-state index in [1.165, 1.54) is 0 Å². The molecular formula is C9H22O2Si. The van der Waals surface area contributed by atoms with Crippen LogP contribution in [-0.2, 0) is 8.85 Å². The Morgan fingerprint density at radius 1 is 1.00 bits per heavy atom. The predicted octanol–water partition coefficient (Wildman–Crippen LogP) is 2.33. The molecule has 0 heterocycles. The van der Waals surface area contributed by atoms with E-state index in [9.17, 15) is 0 Å². The van der Waals surface area contributed by atoms with Crippen molar-refractivity contribution in [3.63, 3.8) is 0 Å². The first-order valence-corrected chi connectivity index (χ1v) is 6.48. The fourth-order valence-electron chi connectivity index (χ4n) is 1.04. The molecule has 2 nitrogen and oxygen atoms in total. The number of rotatable bonds is 5. The molecule has 0 saturated heterocycles. The SMILES string of the molecule is CCO[SiH](CC(C)(C)C)OCC. The molecule has 0 aromatic heterocycles. The normalized spacial score (nSPS) is 12.5. The highest BCUT2D eigenvalue weighted by molar-refractivity contribution is 6.44. The van der Waals surface area contributed by atoms with E-state index in [4.69, 9.17) is 8.85 Å². The third-order valence-electron chi connectivity index (χ3n) is 1.48. The molecule has 0 aromatic carbocycles. The molecule has 0 N–H and O–H groups in total. The summed E-state index contributed by atoms with van der Waals surface area (Å²) in [5, 5.41) is 0. The molecule has 0 saturated carbocycles. The molecule has 0 fully saturated rings. The molecule has 12 heavy (non-hydrogen) atoms. The Bertz CT molecular complexity index is 104. The van der Waals surface area contributed by atoms with Crippen LogP contribution in [0, 0.1) is 5.41 Å². The van der Waals surface area contributed by atoms with Gasteiger partial charge in [-0.2, -0.15) is 0 Å². The Kier molecular flexibility index (Phi) is 5.79. The lowest BCUT2D eigenvalue weighted by Crippen LogP contribution is -2.28. The first kappa shape index (κ1) is 12.1. The second kappa shape index (κ2) is 5.73. The van der Waals surface area contributed by atoms with Crippen LogP contribution in [0.5, 0.6) is 0 Å². The lowest BCUT2D eigenvalue weighted by atomic mass is 10.0. The van der Waals surface area contributed by atoms with E-state index in [1.807, 2.05) is 13.8 Å². The summed E-state index contributed by atoms with van der Waals surface area (Å²) in [6, 6.07) is 1.09. The fourth-order valence-corrected chi connectivity index (χ4v) is 3.11. The average molecular weight is 190 g/mol. The van der Waals surface area contributed by atoms with Crippen LogP contribution in [0.1, 0.15) is 34.6 Å². The maximum Gasteiger partial charge on any atom is 0.321 e. The smallest absolute Gasteiger partial charge is 0.321 e. The second-order valence-corrected chi connectivity index (χ2v) is 6.04. The summed E-state index contributed by atoms with van der Waals surface area (Å²) in [5.41, 5.74) is 0.335. The van der Waals surface area contributed by atoms with Gasteiger partial charge in [-0.15, -0.1) is 0 Å². The summed E-state index contributed by atoms with van der Waals surface area (Å²) in [5.74, 6) is 0. The largest absolute Gasteiger partial charge is 0.397 e. The average Bonchev–Trinajstić information content (AvgIpc) is 1.84. The van der Waals surface area contributed by atoms with Gasteiger partial charge in [-0.1, -0.05) is 20.8 Å². The van der Waals surface area contributed by atoms with Gasteiger partial charge in [-0.05, 0) is 25.3 Å². The third-order valence-corrected chi connectivity index (χ3v) is 4.45. The van der Waals surface area contributed by atoms with Crippen molar-refractivity contribution in [1.29, 1.82) is 0 Å². The monoisotopic (exact) mass is 190 g/mol. The maximum absolute atomic E-state index is 5.58. The van der Waals surface area contributed by atoms with Crippen molar-refractivity contribution in [1.82, 2.24) is 0 Å². The molecule has 0 amide bonds. The Labute approximate surface area is 78.1 Å². The zero-order valence-electron chi connectivity index (χ0n) is 9.02. The van der Waals surface area contributed by atoms with Gasteiger partial charge in [0, 0.05) is 13.2 Å². The van der Waals surface area contributed by atoms with Gasteiger partial charge >= 0.3 is 9.28 Å². The van der Waals surface area contributed by atoms with Crippen LogP contribution >= 0.6 is 0 Å². The molecule has 0 aromatic rings. The van der Waals surface area contributed by atoms with Gasteiger partial charge in [0.05, 0.1) is 0 Å². The number of hydrogen-bond donors (Lipinski definition) is 0. The summed E-state index contributed by atoms with van der Waals surface area (Å²) in [6.07, 6.45) is 0. The van der Waals surface area contributed by atoms with E-state index in [0.717, 1.165) is 19.3 Å². The number of hydrogen-bond acceptors (Lipinski definition) is 2. The zero-order chi connectivity index (χ0) is 9.61. The maximum atomic E-state index is 5.58. The Hall–Kier alpha value is 0.137. The molecule has 0 spiro atoms. The van der Waals surface area contributed by atoms with Crippen LogP contribution in [0.3, 0.4) is 0 Å². The zero-order valence-corrected chi connectivity index (χ0v) is 10.2. The van der Waals surface area contributed by atoms with Crippen molar-refractivity contribution >= 4 is 9.28 Å². The van der Waals surface area contributed by atoms with Crippen molar-refractivity contribution in [3.05, 3.63) is 0 Å². The quantitative estimate of drug-likeness (QED) is 0.619. The molecule has 0 atom stereocenters.